The van der Waals surface area contributed by atoms with Gasteiger partial charge in [0.15, 0.2) is 0 Å². The molecule has 4 heteroatoms. The smallest absolute Gasteiger partial charge is 0.279 e. The van der Waals surface area contributed by atoms with Crippen molar-refractivity contribution in [2.45, 2.75) is 41.5 Å². The highest BCUT2D eigenvalue weighted by Gasteiger charge is 2.17. The standard InChI is InChI=1S/C27H26N2O2/c1-16-11-18(3)24(19(4)12-16)28-15-29(25-20(5)13-17(2)14-21(25)6)27(31)23-10-8-7-9-22(23)26(28)30/h7-14H,1-6H3. The minimum atomic E-state index is -0.260. The van der Waals surface area contributed by atoms with Crippen molar-refractivity contribution in [3.05, 3.63) is 109 Å². The van der Waals surface area contributed by atoms with E-state index in [-0.39, 0.29) is 11.1 Å². The molecule has 1 heterocycles. The van der Waals surface area contributed by atoms with E-state index in [2.05, 4.69) is 6.33 Å². The Morgan fingerprint density at radius 1 is 0.710 bits per heavy atom. The molecule has 1 aromatic heterocycles. The molecule has 0 aliphatic heterocycles. The van der Waals surface area contributed by atoms with Crippen LogP contribution in [-0.2, 0) is 0 Å². The number of nitrogens with zero attached hydrogens (tertiary/aromatic N) is 2. The van der Waals surface area contributed by atoms with Gasteiger partial charge in [0.05, 0.1) is 11.4 Å². The number of hydrogen-bond donors (Lipinski definition) is 0. The van der Waals surface area contributed by atoms with Crippen LogP contribution in [0.3, 0.4) is 0 Å². The van der Waals surface area contributed by atoms with Crippen molar-refractivity contribution in [3.8, 4) is 11.4 Å². The zero-order valence-electron chi connectivity index (χ0n) is 18.8. The van der Waals surface area contributed by atoms with Gasteiger partial charge >= 0.3 is 0 Å². The molecule has 0 N–H and O–H groups in total. The molecule has 4 aromatic rings. The van der Waals surface area contributed by atoms with Gasteiger partial charge in [-0.05, 0) is 63.8 Å². The van der Waals surface area contributed by atoms with Crippen molar-refractivity contribution in [3.63, 3.8) is 0 Å². The highest BCUT2D eigenvalue weighted by Crippen LogP contribution is 2.20. The minimum Gasteiger partial charge on any atom is -0.287 e. The lowest BCUT2D eigenvalue weighted by Gasteiger charge is -2.14. The fourth-order valence-electron chi connectivity index (χ4n) is 4.64. The molecule has 0 radical (unpaired) electrons. The summed E-state index contributed by atoms with van der Waals surface area (Å²) in [7, 11) is 0. The van der Waals surface area contributed by atoms with Gasteiger partial charge in [0.1, 0.15) is 0 Å². The van der Waals surface area contributed by atoms with Crippen LogP contribution in [0.25, 0.3) is 22.1 Å². The first-order chi connectivity index (χ1) is 14.7. The van der Waals surface area contributed by atoms with E-state index in [0.717, 1.165) is 44.8 Å². The molecule has 0 saturated carbocycles. The third-order valence-electron chi connectivity index (χ3n) is 5.71. The van der Waals surface area contributed by atoms with Crippen LogP contribution in [0.5, 0.6) is 0 Å². The van der Waals surface area contributed by atoms with E-state index in [1.54, 1.807) is 24.3 Å². The second-order valence-corrected chi connectivity index (χ2v) is 8.42. The van der Waals surface area contributed by atoms with Gasteiger partial charge in [-0.1, -0.05) is 59.7 Å². The summed E-state index contributed by atoms with van der Waals surface area (Å²) in [5, 5.41) is 0.758. The molecule has 0 amide bonds. The van der Waals surface area contributed by atoms with Crippen LogP contribution in [0.2, 0.25) is 0 Å². The molecular weight excluding hydrogens is 384 g/mol. The van der Waals surface area contributed by atoms with E-state index >= 15 is 0 Å². The van der Waals surface area contributed by atoms with Crippen molar-refractivity contribution in [1.29, 1.82) is 0 Å². The van der Waals surface area contributed by atoms with E-state index in [1.165, 1.54) is 9.13 Å². The summed E-state index contributed by atoms with van der Waals surface area (Å²) in [4.78, 5) is 27.3. The Bertz CT molecular complexity index is 1320. The molecule has 3 aromatic carbocycles. The number of hydrogen-bond acceptors (Lipinski definition) is 2. The molecule has 0 unspecified atom stereocenters. The van der Waals surface area contributed by atoms with Gasteiger partial charge in [0.25, 0.3) is 17.4 Å². The fourth-order valence-corrected chi connectivity index (χ4v) is 4.64. The molecule has 31 heavy (non-hydrogen) atoms. The summed E-state index contributed by atoms with van der Waals surface area (Å²) >= 11 is 0. The van der Waals surface area contributed by atoms with Gasteiger partial charge < -0.3 is 0 Å². The summed E-state index contributed by atoms with van der Waals surface area (Å²) in [5.74, 6) is 0. The predicted octanol–water partition coefficient (Wildman–Crippen LogP) is 4.28. The largest absolute Gasteiger partial charge is 0.287 e. The third kappa shape index (κ3) is 3.48. The minimum absolute atomic E-state index is 0.260. The van der Waals surface area contributed by atoms with Crippen LogP contribution in [0, 0.1) is 47.9 Å². The SMILES string of the molecule is Cc1cc(C)c(-n2[c-][n+](-c3c(C)cc(C)cc3C)c(=O)c3ccccc3c2=O)c(C)c1. The van der Waals surface area contributed by atoms with Crippen molar-refractivity contribution in [2.75, 3.05) is 0 Å². The molecule has 0 aliphatic carbocycles. The van der Waals surface area contributed by atoms with Gasteiger partial charge in [0.2, 0.25) is 0 Å². The topological polar surface area (TPSA) is 43.0 Å². The van der Waals surface area contributed by atoms with Gasteiger partial charge in [-0.15, -0.1) is 0 Å². The Hall–Kier alpha value is -3.53. The molecule has 0 saturated heterocycles. The van der Waals surface area contributed by atoms with Crippen LogP contribution in [0.15, 0.2) is 58.1 Å². The number of fused-ring (bicyclic) bond motifs is 1. The second kappa shape index (κ2) is 7.62. The van der Waals surface area contributed by atoms with Crippen molar-refractivity contribution >= 4 is 10.8 Å². The first-order valence-corrected chi connectivity index (χ1v) is 10.4. The summed E-state index contributed by atoms with van der Waals surface area (Å²) in [6.07, 6.45) is 3.16. The van der Waals surface area contributed by atoms with Crippen LogP contribution in [0.4, 0.5) is 0 Å². The maximum atomic E-state index is 13.7. The fraction of sp³-hybridized carbons (Fsp3) is 0.222. The number of aryl methyl sites for hydroxylation is 6. The lowest BCUT2D eigenvalue weighted by Crippen LogP contribution is -2.49. The Morgan fingerprint density at radius 2 is 1.19 bits per heavy atom. The second-order valence-electron chi connectivity index (χ2n) is 8.42. The molecule has 4 rings (SSSR count). The molecular formula is C27H26N2O2. The average molecular weight is 411 g/mol. The first-order valence-electron chi connectivity index (χ1n) is 10.4. The summed E-state index contributed by atoms with van der Waals surface area (Å²) in [6, 6.07) is 15.2. The predicted molar refractivity (Wildman–Crippen MR) is 125 cm³/mol. The Kier molecular flexibility index (Phi) is 5.10. The lowest BCUT2D eigenvalue weighted by molar-refractivity contribution is -0.618. The van der Waals surface area contributed by atoms with Crippen LogP contribution in [-0.4, -0.2) is 4.57 Å². The van der Waals surface area contributed by atoms with Crippen molar-refractivity contribution in [2.24, 2.45) is 0 Å². The van der Waals surface area contributed by atoms with Gasteiger partial charge in [-0.2, -0.15) is 0 Å². The molecule has 0 bridgehead atoms. The quantitative estimate of drug-likeness (QED) is 0.366. The number of benzene rings is 3. The summed E-state index contributed by atoms with van der Waals surface area (Å²) in [5.41, 5.74) is 7.09. The van der Waals surface area contributed by atoms with Crippen LogP contribution in [0.1, 0.15) is 33.4 Å². The summed E-state index contributed by atoms with van der Waals surface area (Å²) in [6.45, 7) is 12.0. The number of aromatic nitrogens is 2. The Labute approximate surface area is 182 Å². The average Bonchev–Trinajstić information content (AvgIpc) is 2.78. The van der Waals surface area contributed by atoms with E-state index < -0.39 is 0 Å². The normalized spacial score (nSPS) is 11.2. The van der Waals surface area contributed by atoms with Gasteiger partial charge in [0, 0.05) is 10.8 Å². The van der Waals surface area contributed by atoms with E-state index in [1.807, 2.05) is 65.8 Å². The van der Waals surface area contributed by atoms with E-state index in [9.17, 15) is 9.59 Å². The molecule has 0 fully saturated rings. The maximum absolute atomic E-state index is 13.7. The van der Waals surface area contributed by atoms with Crippen molar-refractivity contribution in [1.82, 2.24) is 4.57 Å². The van der Waals surface area contributed by atoms with Crippen LogP contribution >= 0.6 is 0 Å². The lowest BCUT2D eigenvalue weighted by atomic mass is 10.0. The first kappa shape index (κ1) is 20.7. The Morgan fingerprint density at radius 3 is 1.74 bits per heavy atom. The van der Waals surface area contributed by atoms with Crippen LogP contribution < -0.4 is 15.7 Å². The third-order valence-corrected chi connectivity index (χ3v) is 5.71. The molecule has 0 aliphatic rings. The molecule has 4 nitrogen and oxygen atoms in total. The number of rotatable bonds is 2. The zero-order chi connectivity index (χ0) is 22.4. The Balaban J connectivity index is 2.27. The van der Waals surface area contributed by atoms with Gasteiger partial charge in [-0.3, -0.25) is 18.7 Å². The van der Waals surface area contributed by atoms with E-state index in [0.29, 0.717) is 10.8 Å². The van der Waals surface area contributed by atoms with E-state index in [4.69, 9.17) is 0 Å². The van der Waals surface area contributed by atoms with Crippen molar-refractivity contribution < 1.29 is 4.57 Å². The molecule has 0 atom stereocenters. The monoisotopic (exact) mass is 410 g/mol. The molecule has 156 valence electrons. The summed E-state index contributed by atoms with van der Waals surface area (Å²) < 4.78 is 3.01. The zero-order valence-corrected chi connectivity index (χ0v) is 18.8. The maximum Gasteiger partial charge on any atom is 0.279 e. The van der Waals surface area contributed by atoms with Gasteiger partial charge in [-0.25, -0.2) is 0 Å². The molecule has 0 spiro atoms. The highest BCUT2D eigenvalue weighted by atomic mass is 16.1. The highest BCUT2D eigenvalue weighted by molar-refractivity contribution is 5.80.